The maximum absolute atomic E-state index is 12.6. The highest BCUT2D eigenvalue weighted by atomic mass is 16.5. The molecule has 2 saturated heterocycles. The Kier molecular flexibility index (Phi) is 4.74. The van der Waals surface area contributed by atoms with E-state index in [-0.39, 0.29) is 18.1 Å². The number of hydrogen-bond acceptors (Lipinski definition) is 5. The molecule has 2 aromatic heterocycles. The summed E-state index contributed by atoms with van der Waals surface area (Å²) in [6.45, 7) is 2.50. The minimum Gasteiger partial charge on any atom is -0.378 e. The Morgan fingerprint density at radius 3 is 2.58 bits per heavy atom. The van der Waals surface area contributed by atoms with E-state index in [0.717, 1.165) is 32.5 Å². The van der Waals surface area contributed by atoms with E-state index >= 15 is 0 Å². The Bertz CT molecular complexity index is 754. The molecule has 7 heteroatoms. The summed E-state index contributed by atoms with van der Waals surface area (Å²) < 4.78 is 7.47. The van der Waals surface area contributed by atoms with Crippen molar-refractivity contribution in [3.05, 3.63) is 48.3 Å². The van der Waals surface area contributed by atoms with E-state index < -0.39 is 0 Å². The van der Waals surface area contributed by atoms with E-state index in [1.54, 1.807) is 19.6 Å². The fourth-order valence-corrected chi connectivity index (χ4v) is 4.13. The van der Waals surface area contributed by atoms with Crippen LogP contribution in [0, 0.1) is 0 Å². The van der Waals surface area contributed by atoms with Gasteiger partial charge in [0.05, 0.1) is 18.5 Å². The van der Waals surface area contributed by atoms with Gasteiger partial charge in [0.25, 0.3) is 5.91 Å². The van der Waals surface area contributed by atoms with Crippen LogP contribution in [-0.4, -0.2) is 69.1 Å². The fraction of sp³-hybridized carbons (Fsp3) is 0.526. The average molecular weight is 355 g/mol. The van der Waals surface area contributed by atoms with Crippen molar-refractivity contribution in [2.75, 3.05) is 26.7 Å². The Morgan fingerprint density at radius 1 is 1.23 bits per heavy atom. The molecule has 0 spiro atoms. The number of pyridine rings is 1. The van der Waals surface area contributed by atoms with Crippen molar-refractivity contribution in [3.63, 3.8) is 0 Å². The second kappa shape index (κ2) is 7.17. The van der Waals surface area contributed by atoms with Crippen LogP contribution < -0.4 is 0 Å². The van der Waals surface area contributed by atoms with E-state index in [2.05, 4.69) is 27.0 Å². The predicted molar refractivity (Wildman–Crippen MR) is 96.6 cm³/mol. The average Bonchev–Trinajstić information content (AvgIpc) is 3.08. The zero-order valence-electron chi connectivity index (χ0n) is 15.3. The molecular weight excluding hydrogens is 330 g/mol. The smallest absolute Gasteiger partial charge is 0.274 e. The number of ether oxygens (including phenoxy) is 1. The number of aryl methyl sites for hydroxylation is 1. The first kappa shape index (κ1) is 17.2. The summed E-state index contributed by atoms with van der Waals surface area (Å²) in [7, 11) is 3.66. The lowest BCUT2D eigenvalue weighted by atomic mass is 9.87. The molecule has 0 unspecified atom stereocenters. The van der Waals surface area contributed by atoms with Crippen LogP contribution in [0.3, 0.4) is 0 Å². The van der Waals surface area contributed by atoms with E-state index in [1.165, 1.54) is 5.56 Å². The number of piperidine rings is 1. The van der Waals surface area contributed by atoms with Gasteiger partial charge >= 0.3 is 0 Å². The van der Waals surface area contributed by atoms with Gasteiger partial charge < -0.3 is 14.2 Å². The standard InChI is InChI=1S/C19H25N5O2/c1-22-11-16(21-13-22)19(25)23-9-5-15(6-10-23)24-12-17(26-2)18(24)14-3-7-20-8-4-14/h3-4,7-8,11,13,15,17-18H,5-6,9-10,12H2,1-2H3/t17-,18-/m0/s1. The van der Waals surface area contributed by atoms with Crippen LogP contribution in [-0.2, 0) is 11.8 Å². The van der Waals surface area contributed by atoms with Crippen molar-refractivity contribution in [3.8, 4) is 0 Å². The number of likely N-dealkylation sites (tertiary alicyclic amines) is 2. The summed E-state index contributed by atoms with van der Waals surface area (Å²) in [5.41, 5.74) is 1.79. The van der Waals surface area contributed by atoms with Gasteiger partial charge in [-0.25, -0.2) is 4.98 Å². The molecule has 0 aliphatic carbocycles. The molecule has 2 fully saturated rings. The lowest BCUT2D eigenvalue weighted by molar-refractivity contribution is -0.115. The summed E-state index contributed by atoms with van der Waals surface area (Å²) in [5, 5.41) is 0. The van der Waals surface area contributed by atoms with Gasteiger partial charge in [-0.1, -0.05) is 0 Å². The van der Waals surface area contributed by atoms with Crippen LogP contribution >= 0.6 is 0 Å². The molecule has 2 atom stereocenters. The van der Waals surface area contributed by atoms with Gasteiger partial charge in [-0.2, -0.15) is 0 Å². The molecule has 0 radical (unpaired) electrons. The van der Waals surface area contributed by atoms with Crippen LogP contribution in [0.15, 0.2) is 37.1 Å². The molecule has 4 heterocycles. The van der Waals surface area contributed by atoms with Crippen molar-refractivity contribution in [1.82, 2.24) is 24.3 Å². The van der Waals surface area contributed by atoms with E-state index in [1.807, 2.05) is 28.9 Å². The first-order chi connectivity index (χ1) is 12.7. The highest BCUT2D eigenvalue weighted by Crippen LogP contribution is 2.39. The first-order valence-corrected chi connectivity index (χ1v) is 9.13. The van der Waals surface area contributed by atoms with Gasteiger partial charge in [-0.3, -0.25) is 14.7 Å². The third-order valence-electron chi connectivity index (χ3n) is 5.60. The van der Waals surface area contributed by atoms with Crippen LogP contribution in [0.1, 0.15) is 34.9 Å². The monoisotopic (exact) mass is 355 g/mol. The zero-order chi connectivity index (χ0) is 18.1. The molecule has 0 saturated carbocycles. The number of nitrogens with zero attached hydrogens (tertiary/aromatic N) is 5. The Balaban J connectivity index is 1.39. The fourth-order valence-electron chi connectivity index (χ4n) is 4.13. The van der Waals surface area contributed by atoms with E-state index in [0.29, 0.717) is 11.7 Å². The molecule has 26 heavy (non-hydrogen) atoms. The van der Waals surface area contributed by atoms with Gasteiger partial charge in [0, 0.05) is 58.4 Å². The number of methoxy groups -OCH3 is 1. The largest absolute Gasteiger partial charge is 0.378 e. The van der Waals surface area contributed by atoms with Crippen LogP contribution in [0.4, 0.5) is 0 Å². The van der Waals surface area contributed by atoms with Crippen LogP contribution in [0.25, 0.3) is 0 Å². The second-order valence-corrected chi connectivity index (χ2v) is 7.14. The Morgan fingerprint density at radius 2 is 1.96 bits per heavy atom. The van der Waals surface area contributed by atoms with Gasteiger partial charge in [0.2, 0.25) is 0 Å². The number of hydrogen-bond donors (Lipinski definition) is 0. The summed E-state index contributed by atoms with van der Waals surface area (Å²) in [5.74, 6) is 0.0353. The van der Waals surface area contributed by atoms with Crippen molar-refractivity contribution in [2.45, 2.75) is 31.0 Å². The SMILES string of the molecule is CO[C@H]1CN(C2CCN(C(=O)c3cn(C)cn3)CC2)[C@H]1c1ccncc1. The highest BCUT2D eigenvalue weighted by molar-refractivity contribution is 5.92. The van der Waals surface area contributed by atoms with Gasteiger partial charge in [-0.15, -0.1) is 0 Å². The normalized spacial score (nSPS) is 24.5. The van der Waals surface area contributed by atoms with Crippen molar-refractivity contribution < 1.29 is 9.53 Å². The third-order valence-corrected chi connectivity index (χ3v) is 5.60. The number of aromatic nitrogens is 3. The minimum absolute atomic E-state index is 0.0353. The first-order valence-electron chi connectivity index (χ1n) is 9.13. The summed E-state index contributed by atoms with van der Waals surface area (Å²) >= 11 is 0. The molecular formula is C19H25N5O2. The second-order valence-electron chi connectivity index (χ2n) is 7.14. The van der Waals surface area contributed by atoms with Crippen LogP contribution in [0.5, 0.6) is 0 Å². The molecule has 7 nitrogen and oxygen atoms in total. The van der Waals surface area contributed by atoms with Gasteiger partial charge in [0.15, 0.2) is 0 Å². The molecule has 2 aliphatic heterocycles. The van der Waals surface area contributed by atoms with Gasteiger partial charge in [-0.05, 0) is 30.5 Å². The van der Waals surface area contributed by atoms with Crippen molar-refractivity contribution >= 4 is 5.91 Å². The quantitative estimate of drug-likeness (QED) is 0.832. The highest BCUT2D eigenvalue weighted by Gasteiger charge is 2.44. The molecule has 2 aromatic rings. The van der Waals surface area contributed by atoms with Gasteiger partial charge in [0.1, 0.15) is 5.69 Å². The number of carbonyl (C=O) groups excluding carboxylic acids is 1. The minimum atomic E-state index is 0.0353. The molecule has 0 bridgehead atoms. The number of rotatable bonds is 4. The topological polar surface area (TPSA) is 63.5 Å². The lowest BCUT2D eigenvalue weighted by Gasteiger charge is -2.53. The van der Waals surface area contributed by atoms with Crippen molar-refractivity contribution in [2.24, 2.45) is 7.05 Å². The molecule has 4 rings (SSSR count). The lowest BCUT2D eigenvalue weighted by Crippen LogP contribution is -2.60. The molecule has 1 amide bonds. The summed E-state index contributed by atoms with van der Waals surface area (Å²) in [4.78, 5) is 25.3. The summed E-state index contributed by atoms with van der Waals surface area (Å²) in [6, 6.07) is 4.91. The van der Waals surface area contributed by atoms with E-state index in [4.69, 9.17) is 4.74 Å². The zero-order valence-corrected chi connectivity index (χ0v) is 15.3. The summed E-state index contributed by atoms with van der Waals surface area (Å²) in [6.07, 6.45) is 9.33. The van der Waals surface area contributed by atoms with E-state index in [9.17, 15) is 4.79 Å². The number of carbonyl (C=O) groups is 1. The Hall–Kier alpha value is -2.25. The molecule has 2 aliphatic rings. The molecule has 0 aromatic carbocycles. The third kappa shape index (κ3) is 3.12. The van der Waals surface area contributed by atoms with Crippen molar-refractivity contribution in [1.29, 1.82) is 0 Å². The Labute approximate surface area is 153 Å². The maximum Gasteiger partial charge on any atom is 0.274 e. The molecule has 138 valence electrons. The molecule has 0 N–H and O–H groups in total. The maximum atomic E-state index is 12.6. The number of imidazole rings is 1. The predicted octanol–water partition coefficient (Wildman–Crippen LogP) is 1.49. The number of amides is 1. The van der Waals surface area contributed by atoms with Crippen LogP contribution in [0.2, 0.25) is 0 Å².